The molecule has 0 amide bonds. The van der Waals surface area contributed by atoms with Gasteiger partial charge in [0.2, 0.25) is 0 Å². The summed E-state index contributed by atoms with van der Waals surface area (Å²) in [5.41, 5.74) is 3.75. The molecular formula is C11H16N2OS. The smallest absolute Gasteiger partial charge is 0.144 e. The number of rotatable bonds is 6. The maximum Gasteiger partial charge on any atom is 0.144 e. The molecule has 82 valence electrons. The van der Waals surface area contributed by atoms with E-state index in [1.165, 1.54) is 0 Å². The fourth-order valence-corrected chi connectivity index (χ4v) is 1.33. The maximum absolute atomic E-state index is 5.15. The van der Waals surface area contributed by atoms with Crippen molar-refractivity contribution in [1.29, 1.82) is 0 Å². The minimum absolute atomic E-state index is 0.397. The zero-order valence-electron chi connectivity index (χ0n) is 8.82. The first kappa shape index (κ1) is 11.9. The molecule has 1 aromatic carbocycles. The Morgan fingerprint density at radius 3 is 2.73 bits per heavy atom. The van der Waals surface area contributed by atoms with Gasteiger partial charge in [-0.25, -0.2) is 0 Å². The Morgan fingerprint density at radius 1 is 1.33 bits per heavy atom. The molecule has 0 saturated heterocycles. The van der Waals surface area contributed by atoms with Crippen LogP contribution in [0.15, 0.2) is 30.3 Å². The first-order valence-corrected chi connectivity index (χ1v) is 5.43. The molecule has 1 aromatic rings. The van der Waals surface area contributed by atoms with Crippen molar-refractivity contribution in [3.63, 3.8) is 0 Å². The fourth-order valence-electron chi connectivity index (χ4n) is 1.07. The Balaban J connectivity index is 2.10. The minimum Gasteiger partial charge on any atom is -0.361 e. The molecule has 0 aliphatic carbocycles. The van der Waals surface area contributed by atoms with Crippen LogP contribution < -0.4 is 10.8 Å². The van der Waals surface area contributed by atoms with Gasteiger partial charge < -0.3 is 5.32 Å². The van der Waals surface area contributed by atoms with Crippen LogP contribution in [0.5, 0.6) is 0 Å². The third-order valence-electron chi connectivity index (χ3n) is 1.79. The van der Waals surface area contributed by atoms with E-state index < -0.39 is 0 Å². The molecule has 0 heterocycles. The number of hydrogen-bond donors (Lipinski definition) is 2. The maximum atomic E-state index is 5.15. The second-order valence-electron chi connectivity index (χ2n) is 3.11. The zero-order chi connectivity index (χ0) is 10.9. The van der Waals surface area contributed by atoms with Crippen molar-refractivity contribution in [2.45, 2.75) is 19.8 Å². The van der Waals surface area contributed by atoms with Crippen LogP contribution in [0, 0.1) is 0 Å². The average molecular weight is 224 g/mol. The van der Waals surface area contributed by atoms with Crippen molar-refractivity contribution in [3.05, 3.63) is 30.3 Å². The molecule has 0 fully saturated rings. The van der Waals surface area contributed by atoms with Crippen molar-refractivity contribution in [2.24, 2.45) is 0 Å². The van der Waals surface area contributed by atoms with Gasteiger partial charge in [-0.15, -0.1) is 0 Å². The first-order chi connectivity index (χ1) is 7.33. The van der Waals surface area contributed by atoms with E-state index in [2.05, 4.69) is 17.7 Å². The zero-order valence-corrected chi connectivity index (χ0v) is 9.64. The average Bonchev–Trinajstić information content (AvgIpc) is 2.26. The molecule has 0 aromatic heterocycles. The van der Waals surface area contributed by atoms with E-state index in [1.54, 1.807) is 0 Å². The molecule has 0 saturated carbocycles. The van der Waals surface area contributed by atoms with Gasteiger partial charge in [0.1, 0.15) is 11.7 Å². The number of benzene rings is 1. The van der Waals surface area contributed by atoms with Crippen molar-refractivity contribution < 1.29 is 4.84 Å². The highest BCUT2D eigenvalue weighted by Gasteiger charge is 1.93. The lowest BCUT2D eigenvalue weighted by Crippen LogP contribution is -2.24. The van der Waals surface area contributed by atoms with Gasteiger partial charge in [0.15, 0.2) is 0 Å². The van der Waals surface area contributed by atoms with Crippen molar-refractivity contribution in [2.75, 3.05) is 12.0 Å². The van der Waals surface area contributed by atoms with Gasteiger partial charge in [-0.3, -0.25) is 10.3 Å². The number of hydroxylamine groups is 1. The van der Waals surface area contributed by atoms with E-state index in [4.69, 9.17) is 17.1 Å². The number of thiocarbonyl (C=S) groups is 1. The van der Waals surface area contributed by atoms with Gasteiger partial charge >= 0.3 is 0 Å². The molecule has 0 aliphatic rings. The predicted octanol–water partition coefficient (Wildman–Crippen LogP) is 2.70. The number of anilines is 1. The summed E-state index contributed by atoms with van der Waals surface area (Å²) < 4.78 is 0. The van der Waals surface area contributed by atoms with Crippen LogP contribution >= 0.6 is 12.2 Å². The van der Waals surface area contributed by atoms with Gasteiger partial charge in [0, 0.05) is 5.69 Å². The van der Waals surface area contributed by atoms with E-state index in [1.807, 2.05) is 30.3 Å². The molecule has 0 unspecified atom stereocenters. The molecule has 0 spiro atoms. The molecule has 0 bridgehead atoms. The Bertz CT molecular complexity index is 290. The highest BCUT2D eigenvalue weighted by atomic mass is 32.1. The quantitative estimate of drug-likeness (QED) is 0.337. The Morgan fingerprint density at radius 2 is 2.07 bits per heavy atom. The van der Waals surface area contributed by atoms with E-state index in [9.17, 15) is 0 Å². The lowest BCUT2D eigenvalue weighted by molar-refractivity contribution is 0.101. The lowest BCUT2D eigenvalue weighted by Gasteiger charge is -2.09. The van der Waals surface area contributed by atoms with Crippen LogP contribution in [0.1, 0.15) is 19.8 Å². The molecule has 0 atom stereocenters. The lowest BCUT2D eigenvalue weighted by atomic mass is 10.3. The molecule has 1 rings (SSSR count). The monoisotopic (exact) mass is 224 g/mol. The van der Waals surface area contributed by atoms with Crippen LogP contribution in [0.4, 0.5) is 5.69 Å². The summed E-state index contributed by atoms with van der Waals surface area (Å²) in [5.74, 6) is 0. The van der Waals surface area contributed by atoms with Gasteiger partial charge in [-0.05, 0) is 25.0 Å². The molecule has 0 aliphatic heterocycles. The summed E-state index contributed by atoms with van der Waals surface area (Å²) in [6.07, 6.45) is 1.89. The summed E-state index contributed by atoms with van der Waals surface area (Å²) >= 11 is 5.02. The molecule has 4 heteroatoms. The second-order valence-corrected chi connectivity index (χ2v) is 3.60. The highest BCUT2D eigenvalue weighted by molar-refractivity contribution is 7.80. The van der Waals surface area contributed by atoms with Crippen LogP contribution in [-0.4, -0.2) is 11.7 Å². The third-order valence-corrected chi connectivity index (χ3v) is 2.07. The summed E-state index contributed by atoms with van der Waals surface area (Å²) in [4.78, 5) is 5.89. The number of hydrogen-bond acceptors (Lipinski definition) is 3. The van der Waals surface area contributed by atoms with Crippen molar-refractivity contribution in [3.8, 4) is 0 Å². The standard InChI is InChI=1S/C11H16N2OS/c1-2-6-11(15)13-14-9-12-10-7-4-3-5-8-10/h3-5,7-8,12H,2,6,9H2,1H3,(H,13,15). The van der Waals surface area contributed by atoms with E-state index in [-0.39, 0.29) is 0 Å². The summed E-state index contributed by atoms with van der Waals surface area (Å²) in [6.45, 7) is 2.48. The molecular weight excluding hydrogens is 208 g/mol. The fraction of sp³-hybridized carbons (Fsp3) is 0.364. The van der Waals surface area contributed by atoms with Gasteiger partial charge in [0.05, 0.1) is 0 Å². The summed E-state index contributed by atoms with van der Waals surface area (Å²) in [5, 5.41) is 3.10. The van der Waals surface area contributed by atoms with Crippen LogP contribution in [-0.2, 0) is 4.84 Å². The van der Waals surface area contributed by atoms with Crippen LogP contribution in [0.25, 0.3) is 0 Å². The third kappa shape index (κ3) is 5.34. The van der Waals surface area contributed by atoms with E-state index >= 15 is 0 Å². The topological polar surface area (TPSA) is 33.3 Å². The Hall–Kier alpha value is -1.13. The summed E-state index contributed by atoms with van der Waals surface area (Å²) in [7, 11) is 0. The first-order valence-electron chi connectivity index (χ1n) is 5.02. The normalized spacial score (nSPS) is 9.67. The van der Waals surface area contributed by atoms with Gasteiger partial charge in [0.25, 0.3) is 0 Å². The molecule has 2 N–H and O–H groups in total. The van der Waals surface area contributed by atoms with Gasteiger partial charge in [-0.2, -0.15) is 0 Å². The van der Waals surface area contributed by atoms with Crippen LogP contribution in [0.3, 0.4) is 0 Å². The Kier molecular flexibility index (Phi) is 5.73. The van der Waals surface area contributed by atoms with Crippen molar-refractivity contribution >= 4 is 22.9 Å². The molecule has 3 nitrogen and oxygen atoms in total. The van der Waals surface area contributed by atoms with E-state index in [0.717, 1.165) is 23.5 Å². The SMILES string of the molecule is CCCC(=S)NOCNc1ccccc1. The van der Waals surface area contributed by atoms with Gasteiger partial charge in [-0.1, -0.05) is 37.3 Å². The van der Waals surface area contributed by atoms with Crippen molar-refractivity contribution in [1.82, 2.24) is 5.48 Å². The Labute approximate surface area is 95.8 Å². The minimum atomic E-state index is 0.397. The number of nitrogens with one attached hydrogen (secondary N) is 2. The highest BCUT2D eigenvalue weighted by Crippen LogP contribution is 2.03. The second kappa shape index (κ2) is 7.20. The predicted molar refractivity (Wildman–Crippen MR) is 66.7 cm³/mol. The largest absolute Gasteiger partial charge is 0.361 e. The summed E-state index contributed by atoms with van der Waals surface area (Å²) in [6, 6.07) is 9.87. The molecule has 0 radical (unpaired) electrons. The number of para-hydroxylation sites is 1. The molecule has 15 heavy (non-hydrogen) atoms. The van der Waals surface area contributed by atoms with E-state index in [0.29, 0.717) is 6.73 Å². The van der Waals surface area contributed by atoms with Crippen LogP contribution in [0.2, 0.25) is 0 Å².